The van der Waals surface area contributed by atoms with Gasteiger partial charge in [-0.2, -0.15) is 18.3 Å². The molecular weight excluding hydrogens is 429 g/mol. The molecule has 1 saturated heterocycles. The molecule has 166 valence electrons. The summed E-state index contributed by atoms with van der Waals surface area (Å²) in [6.45, 7) is 0.799. The van der Waals surface area contributed by atoms with E-state index < -0.39 is 17.8 Å². The average Bonchev–Trinajstić information content (AvgIpc) is 3.52. The molecule has 1 aromatic carbocycles. The third-order valence-electron chi connectivity index (χ3n) is 5.26. The van der Waals surface area contributed by atoms with Crippen LogP contribution in [0.2, 0.25) is 0 Å². The number of amides is 1. The van der Waals surface area contributed by atoms with Crippen molar-refractivity contribution < 1.29 is 32.2 Å². The van der Waals surface area contributed by atoms with E-state index in [1.165, 1.54) is 0 Å². The maximum atomic E-state index is 12.9. The smallest absolute Gasteiger partial charge is 0.416 e. The number of halogens is 3. The van der Waals surface area contributed by atoms with Gasteiger partial charge in [-0.25, -0.2) is 4.98 Å². The minimum atomic E-state index is -4.48. The summed E-state index contributed by atoms with van der Waals surface area (Å²) in [5.74, 6) is 0.874. The number of carbonyl (C=O) groups is 1. The highest BCUT2D eigenvalue weighted by Gasteiger charge is 2.33. The molecule has 32 heavy (non-hydrogen) atoms. The van der Waals surface area contributed by atoms with Crippen molar-refractivity contribution in [3.8, 4) is 28.6 Å². The Bertz CT molecular complexity index is 1160. The van der Waals surface area contributed by atoms with Gasteiger partial charge in [0.1, 0.15) is 11.8 Å². The number of rotatable bonds is 4. The highest BCUT2D eigenvalue weighted by atomic mass is 19.4. The highest BCUT2D eigenvalue weighted by Crippen LogP contribution is 2.35. The number of aromatic amines is 1. The molecule has 0 aliphatic carbocycles. The molecule has 1 amide bonds. The van der Waals surface area contributed by atoms with Crippen LogP contribution in [0.4, 0.5) is 13.2 Å². The van der Waals surface area contributed by atoms with Crippen molar-refractivity contribution in [2.24, 2.45) is 0 Å². The number of fused-ring (bicyclic) bond motifs is 1. The summed E-state index contributed by atoms with van der Waals surface area (Å²) in [5.41, 5.74) is 0.812. The molecule has 2 aliphatic rings. The van der Waals surface area contributed by atoms with Crippen molar-refractivity contribution >= 4 is 5.91 Å². The topological polar surface area (TPSA) is 89.6 Å². The first-order chi connectivity index (χ1) is 15.4. The number of hydrogen-bond donors (Lipinski definition) is 1. The van der Waals surface area contributed by atoms with Crippen molar-refractivity contribution in [2.75, 3.05) is 19.9 Å². The molecule has 0 radical (unpaired) electrons. The molecule has 8 nitrogen and oxygen atoms in total. The van der Waals surface area contributed by atoms with E-state index in [1.54, 1.807) is 23.1 Å². The number of hydrogen-bond acceptors (Lipinski definition) is 6. The van der Waals surface area contributed by atoms with Gasteiger partial charge in [0.2, 0.25) is 12.7 Å². The largest absolute Gasteiger partial charge is 0.472 e. The van der Waals surface area contributed by atoms with Gasteiger partial charge in [-0.3, -0.25) is 9.89 Å². The van der Waals surface area contributed by atoms with Gasteiger partial charge in [0.05, 0.1) is 17.8 Å². The van der Waals surface area contributed by atoms with Crippen LogP contribution in [-0.4, -0.2) is 52.0 Å². The summed E-state index contributed by atoms with van der Waals surface area (Å²) in [4.78, 5) is 18.3. The predicted molar refractivity (Wildman–Crippen MR) is 104 cm³/mol. The fourth-order valence-corrected chi connectivity index (χ4v) is 3.64. The predicted octanol–water partition coefficient (Wildman–Crippen LogP) is 3.51. The monoisotopic (exact) mass is 446 g/mol. The summed E-state index contributed by atoms with van der Waals surface area (Å²) < 4.78 is 54.9. The Kier molecular flexibility index (Phi) is 4.87. The molecule has 1 atom stereocenters. The lowest BCUT2D eigenvalue weighted by Gasteiger charge is -2.16. The van der Waals surface area contributed by atoms with Crippen LogP contribution in [-0.2, 0) is 6.18 Å². The molecule has 2 aliphatic heterocycles. The fraction of sp³-hybridized carbons (Fsp3) is 0.286. The standard InChI is InChI=1S/C21H17F3N4O4/c22-21(23,24)13-3-5-25-19(8-13)32-14-4-6-28(10-14)20(29)16-9-15(26-27-16)12-1-2-17-18(7-12)31-11-30-17/h1-3,5,7-9,14H,4,6,10-11H2,(H,26,27). The van der Waals surface area contributed by atoms with Crippen molar-refractivity contribution in [1.29, 1.82) is 0 Å². The maximum absolute atomic E-state index is 12.9. The molecule has 0 bridgehead atoms. The molecule has 4 heterocycles. The summed E-state index contributed by atoms with van der Waals surface area (Å²) in [5, 5.41) is 6.95. The van der Waals surface area contributed by atoms with Crippen LogP contribution in [0.15, 0.2) is 42.6 Å². The van der Waals surface area contributed by atoms with E-state index in [2.05, 4.69) is 15.2 Å². The quantitative estimate of drug-likeness (QED) is 0.660. The Labute approximate surface area is 179 Å². The summed E-state index contributed by atoms with van der Waals surface area (Å²) >= 11 is 0. The van der Waals surface area contributed by atoms with E-state index in [0.717, 1.165) is 23.9 Å². The molecule has 1 fully saturated rings. The zero-order valence-electron chi connectivity index (χ0n) is 16.6. The van der Waals surface area contributed by atoms with Gasteiger partial charge in [0.15, 0.2) is 11.5 Å². The van der Waals surface area contributed by atoms with Crippen LogP contribution in [0.5, 0.6) is 17.4 Å². The van der Waals surface area contributed by atoms with Crippen LogP contribution in [0.1, 0.15) is 22.5 Å². The number of alkyl halides is 3. The number of nitrogens with zero attached hydrogens (tertiary/aromatic N) is 3. The van der Waals surface area contributed by atoms with E-state index in [-0.39, 0.29) is 25.1 Å². The van der Waals surface area contributed by atoms with Crippen molar-refractivity contribution in [1.82, 2.24) is 20.1 Å². The van der Waals surface area contributed by atoms with E-state index >= 15 is 0 Å². The highest BCUT2D eigenvalue weighted by molar-refractivity contribution is 5.93. The van der Waals surface area contributed by atoms with Crippen molar-refractivity contribution in [3.63, 3.8) is 0 Å². The number of aromatic nitrogens is 3. The van der Waals surface area contributed by atoms with Gasteiger partial charge in [0, 0.05) is 30.8 Å². The molecule has 1 unspecified atom stereocenters. The van der Waals surface area contributed by atoms with Crippen LogP contribution in [0, 0.1) is 0 Å². The molecule has 5 rings (SSSR count). The normalized spacial score (nSPS) is 17.6. The van der Waals surface area contributed by atoms with Crippen molar-refractivity contribution in [3.05, 3.63) is 53.9 Å². The lowest BCUT2D eigenvalue weighted by atomic mass is 10.1. The van der Waals surface area contributed by atoms with E-state index in [4.69, 9.17) is 14.2 Å². The minimum Gasteiger partial charge on any atom is -0.472 e. The average molecular weight is 446 g/mol. The molecule has 0 spiro atoms. The van der Waals surface area contributed by atoms with Crippen molar-refractivity contribution in [2.45, 2.75) is 18.7 Å². The van der Waals surface area contributed by atoms with Gasteiger partial charge in [-0.15, -0.1) is 0 Å². The van der Waals surface area contributed by atoms with E-state index in [0.29, 0.717) is 35.9 Å². The van der Waals surface area contributed by atoms with Crippen LogP contribution >= 0.6 is 0 Å². The van der Waals surface area contributed by atoms with Gasteiger partial charge in [-0.05, 0) is 30.3 Å². The second kappa shape index (κ2) is 7.74. The Morgan fingerprint density at radius 1 is 1.16 bits per heavy atom. The molecule has 0 saturated carbocycles. The Balaban J connectivity index is 1.24. The summed E-state index contributed by atoms with van der Waals surface area (Å²) in [7, 11) is 0. The number of carbonyl (C=O) groups excluding carboxylic acids is 1. The Morgan fingerprint density at radius 2 is 2.00 bits per heavy atom. The lowest BCUT2D eigenvalue weighted by Crippen LogP contribution is -2.31. The Morgan fingerprint density at radius 3 is 2.84 bits per heavy atom. The SMILES string of the molecule is O=C(c1cc(-c2ccc3c(c2)OCO3)n[nH]1)N1CCC(Oc2cc(C(F)(F)F)ccn2)C1. The number of pyridine rings is 1. The first kappa shape index (κ1) is 20.2. The van der Waals surface area contributed by atoms with Gasteiger partial charge in [-0.1, -0.05) is 0 Å². The zero-order valence-corrected chi connectivity index (χ0v) is 16.6. The number of nitrogens with one attached hydrogen (secondary N) is 1. The number of benzene rings is 1. The zero-order chi connectivity index (χ0) is 22.3. The molecule has 1 N–H and O–H groups in total. The minimum absolute atomic E-state index is 0.120. The number of likely N-dealkylation sites (tertiary alicyclic amines) is 1. The van der Waals surface area contributed by atoms with E-state index in [1.807, 2.05) is 6.07 Å². The van der Waals surface area contributed by atoms with E-state index in [9.17, 15) is 18.0 Å². The van der Waals surface area contributed by atoms with Crippen LogP contribution in [0.25, 0.3) is 11.3 Å². The van der Waals surface area contributed by atoms with Gasteiger partial charge in [0.25, 0.3) is 5.91 Å². The first-order valence-corrected chi connectivity index (χ1v) is 9.81. The first-order valence-electron chi connectivity index (χ1n) is 9.81. The van der Waals surface area contributed by atoms with Crippen LogP contribution < -0.4 is 14.2 Å². The number of H-pyrrole nitrogens is 1. The lowest BCUT2D eigenvalue weighted by molar-refractivity contribution is -0.137. The second-order valence-corrected chi connectivity index (χ2v) is 7.40. The summed E-state index contributed by atoms with van der Waals surface area (Å²) in [6, 6.07) is 8.76. The summed E-state index contributed by atoms with van der Waals surface area (Å²) in [6.07, 6.45) is -3.40. The maximum Gasteiger partial charge on any atom is 0.416 e. The molecular formula is C21H17F3N4O4. The third kappa shape index (κ3) is 3.93. The Hall–Kier alpha value is -3.76. The molecule has 11 heteroatoms. The molecule has 2 aromatic heterocycles. The van der Waals surface area contributed by atoms with Gasteiger partial charge < -0.3 is 19.1 Å². The number of ether oxygens (including phenoxy) is 3. The van der Waals surface area contributed by atoms with Crippen LogP contribution in [0.3, 0.4) is 0 Å². The van der Waals surface area contributed by atoms with Gasteiger partial charge >= 0.3 is 6.18 Å². The third-order valence-corrected chi connectivity index (χ3v) is 5.26. The molecule has 3 aromatic rings. The fourth-order valence-electron chi connectivity index (χ4n) is 3.64. The second-order valence-electron chi connectivity index (χ2n) is 7.40.